The Kier molecular flexibility index (Phi) is 2.98. The van der Waals surface area contributed by atoms with Crippen molar-refractivity contribution in [2.24, 2.45) is 5.92 Å². The number of rotatable bonds is 1. The number of hydrogen-bond donors (Lipinski definition) is 1. The minimum Gasteiger partial charge on any atom is -0.467 e. The van der Waals surface area contributed by atoms with Gasteiger partial charge < -0.3 is 14.4 Å². The first-order valence-corrected chi connectivity index (χ1v) is 9.94. The van der Waals surface area contributed by atoms with Crippen LogP contribution in [0.5, 0.6) is 0 Å². The summed E-state index contributed by atoms with van der Waals surface area (Å²) in [6.45, 7) is 3.72. The summed E-state index contributed by atoms with van der Waals surface area (Å²) in [6, 6.07) is 7.63. The molecule has 4 saturated heterocycles. The number of alkyl carbamates (subject to hydrolysis) is 1. The van der Waals surface area contributed by atoms with E-state index in [0.717, 1.165) is 30.8 Å². The fraction of sp³-hybridized carbons (Fsp3) is 0.524. The predicted octanol–water partition coefficient (Wildman–Crippen LogP) is 1.73. The van der Waals surface area contributed by atoms with Crippen molar-refractivity contribution in [2.45, 2.75) is 43.1 Å². The Morgan fingerprint density at radius 1 is 1.39 bits per heavy atom. The molecule has 28 heavy (non-hydrogen) atoms. The molecule has 0 aromatic heterocycles. The van der Waals surface area contributed by atoms with E-state index in [1.54, 1.807) is 0 Å². The molecular formula is C21H23N3O4. The number of carbonyl (C=O) groups is 2. The van der Waals surface area contributed by atoms with E-state index in [-0.39, 0.29) is 17.9 Å². The van der Waals surface area contributed by atoms with Crippen LogP contribution in [0.2, 0.25) is 0 Å². The number of methoxy groups -OCH3 is 1. The van der Waals surface area contributed by atoms with Crippen LogP contribution in [0.3, 0.4) is 0 Å². The summed E-state index contributed by atoms with van der Waals surface area (Å²) in [7, 11) is 1.44. The normalized spacial score (nSPS) is 41.2. The van der Waals surface area contributed by atoms with Crippen LogP contribution >= 0.6 is 0 Å². The van der Waals surface area contributed by atoms with Crippen molar-refractivity contribution in [3.63, 3.8) is 0 Å². The Morgan fingerprint density at radius 2 is 2.21 bits per heavy atom. The fourth-order valence-corrected chi connectivity index (χ4v) is 6.69. The molecule has 1 aromatic carbocycles. The van der Waals surface area contributed by atoms with Crippen molar-refractivity contribution >= 4 is 17.7 Å². The highest BCUT2D eigenvalue weighted by Crippen LogP contribution is 2.65. The number of nitrogens with one attached hydrogen (secondary N) is 1. The molecule has 5 heterocycles. The van der Waals surface area contributed by atoms with Crippen LogP contribution < -0.4 is 10.2 Å². The maximum absolute atomic E-state index is 13.1. The second-order valence-electron chi connectivity index (χ2n) is 8.41. The highest BCUT2D eigenvalue weighted by Gasteiger charge is 2.79. The van der Waals surface area contributed by atoms with Crippen molar-refractivity contribution < 1.29 is 19.1 Å². The van der Waals surface area contributed by atoms with Gasteiger partial charge in [0.2, 0.25) is 0 Å². The van der Waals surface area contributed by atoms with Gasteiger partial charge in [0.05, 0.1) is 13.2 Å². The Labute approximate surface area is 163 Å². The first-order valence-electron chi connectivity index (χ1n) is 9.94. The van der Waals surface area contributed by atoms with Crippen molar-refractivity contribution in [1.29, 1.82) is 0 Å². The number of ether oxygens (including phenoxy) is 2. The number of fused-ring (bicyclic) bond motifs is 3. The standard InChI is InChI=1S/C21H23N3O4/c1-3-12-11-23-9-8-20-14-6-4-5-7-15(14)24-17(18(25)27-2)13(12)10-16(23)21(20,24)22-19(26)28-20/h3-7,13,16-17H,8-11H2,1-2H3,(H,22,26)/b12-3-/t13-,16-,17-,20-,21+/m0/s1. The summed E-state index contributed by atoms with van der Waals surface area (Å²) in [5, 5.41) is 3.19. The number of piperidine rings is 3. The van der Waals surface area contributed by atoms with Gasteiger partial charge in [-0.2, -0.15) is 0 Å². The molecule has 5 aliphatic heterocycles. The van der Waals surface area contributed by atoms with Gasteiger partial charge in [0, 0.05) is 36.7 Å². The van der Waals surface area contributed by atoms with E-state index in [0.29, 0.717) is 6.42 Å². The molecule has 0 aliphatic carbocycles. The van der Waals surface area contributed by atoms with Gasteiger partial charge in [-0.25, -0.2) is 9.59 Å². The van der Waals surface area contributed by atoms with E-state index >= 15 is 0 Å². The Morgan fingerprint density at radius 3 is 3.00 bits per heavy atom. The first kappa shape index (κ1) is 16.4. The summed E-state index contributed by atoms with van der Waals surface area (Å²) in [5.41, 5.74) is 1.68. The lowest BCUT2D eigenvalue weighted by atomic mass is 9.64. The third-order valence-electron chi connectivity index (χ3n) is 7.64. The molecule has 0 unspecified atom stereocenters. The highest BCUT2D eigenvalue weighted by atomic mass is 16.6. The average Bonchev–Trinajstić information content (AvgIpc) is 3.14. The number of hydrogen-bond acceptors (Lipinski definition) is 6. The minimum atomic E-state index is -0.777. The van der Waals surface area contributed by atoms with Gasteiger partial charge in [-0.15, -0.1) is 0 Å². The van der Waals surface area contributed by atoms with Crippen LogP contribution in [0, 0.1) is 5.92 Å². The van der Waals surface area contributed by atoms with Gasteiger partial charge in [-0.1, -0.05) is 29.8 Å². The molecule has 1 spiro atoms. The monoisotopic (exact) mass is 381 g/mol. The maximum atomic E-state index is 13.1. The molecule has 146 valence electrons. The van der Waals surface area contributed by atoms with Crippen LogP contribution in [-0.2, 0) is 19.9 Å². The lowest BCUT2D eigenvalue weighted by Gasteiger charge is -2.63. The lowest BCUT2D eigenvalue weighted by molar-refractivity contribution is -0.152. The predicted molar refractivity (Wildman–Crippen MR) is 101 cm³/mol. The number of anilines is 1. The number of benzene rings is 1. The van der Waals surface area contributed by atoms with Crippen LogP contribution in [-0.4, -0.2) is 54.9 Å². The summed E-state index contributed by atoms with van der Waals surface area (Å²) in [4.78, 5) is 30.3. The third-order valence-corrected chi connectivity index (χ3v) is 7.64. The molecule has 1 aromatic rings. The zero-order valence-corrected chi connectivity index (χ0v) is 16.0. The summed E-state index contributed by atoms with van der Waals surface area (Å²) in [6.07, 6.45) is 3.24. The fourth-order valence-electron chi connectivity index (χ4n) is 6.69. The number of esters is 1. The SMILES string of the molecule is C/C=C1/CN2CC[C@@]34OC(=O)N[C@@]35[C@@H]2C[C@@H]1[C@@H](C(=O)OC)N5c1ccccc14. The third kappa shape index (κ3) is 1.55. The molecule has 5 atom stereocenters. The van der Waals surface area contributed by atoms with E-state index in [1.807, 2.05) is 31.2 Å². The number of carbonyl (C=O) groups excluding carboxylic acids is 2. The molecule has 1 N–H and O–H groups in total. The highest BCUT2D eigenvalue weighted by molar-refractivity contribution is 5.88. The molecule has 0 radical (unpaired) electrons. The summed E-state index contributed by atoms with van der Waals surface area (Å²) < 4.78 is 11.3. The van der Waals surface area contributed by atoms with Gasteiger partial charge in [-0.05, 0) is 19.4 Å². The number of para-hydroxylation sites is 1. The van der Waals surface area contributed by atoms with Gasteiger partial charge in [0.25, 0.3) is 0 Å². The largest absolute Gasteiger partial charge is 0.467 e. The van der Waals surface area contributed by atoms with Gasteiger partial charge in [0.1, 0.15) is 6.04 Å². The van der Waals surface area contributed by atoms with Gasteiger partial charge >= 0.3 is 12.1 Å². The molecule has 7 nitrogen and oxygen atoms in total. The molecule has 7 heteroatoms. The second-order valence-corrected chi connectivity index (χ2v) is 8.41. The van der Waals surface area contributed by atoms with E-state index in [1.165, 1.54) is 12.7 Å². The molecule has 2 bridgehead atoms. The average molecular weight is 381 g/mol. The van der Waals surface area contributed by atoms with E-state index in [2.05, 4.69) is 21.2 Å². The minimum absolute atomic E-state index is 0.0591. The molecule has 0 saturated carbocycles. The molecule has 6 rings (SSSR count). The Hall–Kier alpha value is -2.54. The lowest BCUT2D eigenvalue weighted by Crippen LogP contribution is -2.83. The van der Waals surface area contributed by atoms with Crippen LogP contribution in [0.4, 0.5) is 10.5 Å². The topological polar surface area (TPSA) is 71.1 Å². The van der Waals surface area contributed by atoms with Crippen LogP contribution in [0.1, 0.15) is 25.3 Å². The van der Waals surface area contributed by atoms with Crippen molar-refractivity contribution in [3.05, 3.63) is 41.5 Å². The summed E-state index contributed by atoms with van der Waals surface area (Å²) >= 11 is 0. The van der Waals surface area contributed by atoms with Crippen molar-refractivity contribution in [3.8, 4) is 0 Å². The van der Waals surface area contributed by atoms with Crippen molar-refractivity contribution in [2.75, 3.05) is 25.1 Å². The Balaban J connectivity index is 1.68. The second kappa shape index (κ2) is 5.08. The number of nitrogens with zero attached hydrogens (tertiary/aromatic N) is 2. The van der Waals surface area contributed by atoms with Crippen molar-refractivity contribution in [1.82, 2.24) is 10.2 Å². The van der Waals surface area contributed by atoms with Gasteiger partial charge in [0.15, 0.2) is 11.3 Å². The van der Waals surface area contributed by atoms with E-state index in [4.69, 9.17) is 9.47 Å². The van der Waals surface area contributed by atoms with E-state index < -0.39 is 23.4 Å². The first-order chi connectivity index (χ1) is 13.6. The van der Waals surface area contributed by atoms with Crippen LogP contribution in [0.25, 0.3) is 0 Å². The maximum Gasteiger partial charge on any atom is 0.410 e. The van der Waals surface area contributed by atoms with E-state index in [9.17, 15) is 9.59 Å². The summed E-state index contributed by atoms with van der Waals surface area (Å²) in [5.74, 6) is -0.202. The number of amides is 1. The molecular weight excluding hydrogens is 358 g/mol. The van der Waals surface area contributed by atoms with Crippen LogP contribution in [0.15, 0.2) is 35.9 Å². The molecule has 1 amide bonds. The molecule has 4 fully saturated rings. The van der Waals surface area contributed by atoms with Gasteiger partial charge in [-0.3, -0.25) is 10.2 Å². The number of allylic oxidation sites excluding steroid dienone is 1. The zero-order chi connectivity index (χ0) is 19.3. The Bertz CT molecular complexity index is 945. The molecule has 5 aliphatic rings. The smallest absolute Gasteiger partial charge is 0.410 e. The zero-order valence-electron chi connectivity index (χ0n) is 16.0. The quantitative estimate of drug-likeness (QED) is 0.590.